The normalized spacial score (nSPS) is 20.2. The van der Waals surface area contributed by atoms with Crippen LogP contribution < -0.4 is 15.8 Å². The molecular formula is C27H27FN4O5S. The number of hydrogen-bond donors (Lipinski definition) is 2. The minimum absolute atomic E-state index is 0.0686. The van der Waals surface area contributed by atoms with Gasteiger partial charge in [-0.25, -0.2) is 9.18 Å². The third-order valence-electron chi connectivity index (χ3n) is 7.40. The van der Waals surface area contributed by atoms with Crippen LogP contribution >= 0.6 is 11.8 Å². The zero-order valence-electron chi connectivity index (χ0n) is 20.6. The summed E-state index contributed by atoms with van der Waals surface area (Å²) in [6, 6.07) is 11.9. The maximum Gasteiger partial charge on any atom is 0.414 e. The first-order valence-electron chi connectivity index (χ1n) is 12.6. The molecule has 1 saturated heterocycles. The van der Waals surface area contributed by atoms with Gasteiger partial charge in [-0.3, -0.25) is 19.4 Å². The van der Waals surface area contributed by atoms with Crippen LogP contribution in [0.5, 0.6) is 0 Å². The monoisotopic (exact) mass is 538 g/mol. The zero-order valence-corrected chi connectivity index (χ0v) is 21.4. The highest BCUT2D eigenvalue weighted by molar-refractivity contribution is 8.00. The van der Waals surface area contributed by atoms with Crippen molar-refractivity contribution in [2.75, 3.05) is 48.8 Å². The number of aromatic nitrogens is 1. The zero-order chi connectivity index (χ0) is 26.4. The first kappa shape index (κ1) is 24.9. The van der Waals surface area contributed by atoms with Crippen molar-refractivity contribution in [3.8, 4) is 0 Å². The lowest BCUT2D eigenvalue weighted by molar-refractivity contribution is -0.113. The molecule has 2 amide bonds. The summed E-state index contributed by atoms with van der Waals surface area (Å²) in [6.45, 7) is 2.01. The first-order chi connectivity index (χ1) is 18.4. The fraction of sp³-hybridized carbons (Fsp3) is 0.370. The van der Waals surface area contributed by atoms with Gasteiger partial charge in [0, 0.05) is 47.8 Å². The largest absolute Gasteiger partial charge is 0.443 e. The number of ether oxygens (including phenoxy) is 1. The lowest BCUT2D eigenvalue weighted by Gasteiger charge is -2.25. The molecule has 2 N–H and O–H groups in total. The van der Waals surface area contributed by atoms with Gasteiger partial charge in [0.1, 0.15) is 11.9 Å². The number of rotatable bonds is 8. The van der Waals surface area contributed by atoms with Gasteiger partial charge in [0.25, 0.3) is 5.56 Å². The highest BCUT2D eigenvalue weighted by Gasteiger charge is 2.35. The molecule has 3 aromatic rings. The summed E-state index contributed by atoms with van der Waals surface area (Å²) in [5, 5.41) is 13.3. The molecule has 9 nitrogen and oxygen atoms in total. The number of amides is 2. The van der Waals surface area contributed by atoms with Crippen LogP contribution in [0.2, 0.25) is 0 Å². The number of carbonyl (C=O) groups excluding carboxylic acids is 2. The average molecular weight is 539 g/mol. The quantitative estimate of drug-likeness (QED) is 0.455. The Labute approximate surface area is 222 Å². The van der Waals surface area contributed by atoms with E-state index in [1.54, 1.807) is 27.7 Å². The smallest absolute Gasteiger partial charge is 0.414 e. The van der Waals surface area contributed by atoms with Crippen molar-refractivity contribution in [1.29, 1.82) is 0 Å². The Morgan fingerprint density at radius 1 is 1.11 bits per heavy atom. The number of carbonyl (C=O) groups is 2. The Morgan fingerprint density at radius 3 is 2.79 bits per heavy atom. The molecule has 1 fully saturated rings. The fourth-order valence-corrected chi connectivity index (χ4v) is 6.43. The van der Waals surface area contributed by atoms with Gasteiger partial charge in [-0.1, -0.05) is 0 Å². The molecule has 4 heterocycles. The van der Waals surface area contributed by atoms with Crippen molar-refractivity contribution < 1.29 is 23.8 Å². The van der Waals surface area contributed by atoms with Crippen LogP contribution in [0.4, 0.5) is 20.6 Å². The number of aliphatic hydroxyl groups excluding tert-OH is 1. The molecule has 198 valence electrons. The van der Waals surface area contributed by atoms with Crippen molar-refractivity contribution in [2.45, 2.75) is 29.9 Å². The SMILES string of the molecule is O=C1CSc2ccc(N3C[C@@H](CN(CCO)CC[C@H]4Cn5c(=O)ccc6ccc(F)c4c65)OC3=O)cc2N1. The number of halogens is 1. The maximum absolute atomic E-state index is 14.9. The van der Waals surface area contributed by atoms with Crippen molar-refractivity contribution in [3.63, 3.8) is 0 Å². The van der Waals surface area contributed by atoms with E-state index in [9.17, 15) is 23.9 Å². The minimum Gasteiger partial charge on any atom is -0.443 e. The van der Waals surface area contributed by atoms with Crippen LogP contribution in [-0.4, -0.2) is 71.2 Å². The molecule has 3 aliphatic heterocycles. The molecule has 0 aliphatic carbocycles. The Hall–Kier alpha value is -3.41. The molecule has 0 spiro atoms. The van der Waals surface area contributed by atoms with Crippen molar-refractivity contribution in [3.05, 3.63) is 64.2 Å². The molecule has 2 atom stereocenters. The average Bonchev–Trinajstić information content (AvgIpc) is 3.47. The number of cyclic esters (lactones) is 1. The van der Waals surface area contributed by atoms with Crippen LogP contribution in [0.1, 0.15) is 17.9 Å². The third-order valence-corrected chi connectivity index (χ3v) is 8.47. The molecule has 0 radical (unpaired) electrons. The highest BCUT2D eigenvalue weighted by Crippen LogP contribution is 2.37. The van der Waals surface area contributed by atoms with Gasteiger partial charge in [0.05, 0.1) is 30.1 Å². The molecule has 1 aromatic heterocycles. The van der Waals surface area contributed by atoms with E-state index in [-0.39, 0.29) is 29.8 Å². The van der Waals surface area contributed by atoms with E-state index < -0.39 is 12.2 Å². The number of fused-ring (bicyclic) bond motifs is 1. The second-order valence-corrected chi connectivity index (χ2v) is 10.8. The Kier molecular flexibility index (Phi) is 6.58. The van der Waals surface area contributed by atoms with E-state index in [2.05, 4.69) is 5.32 Å². The van der Waals surface area contributed by atoms with Crippen LogP contribution in [0.3, 0.4) is 0 Å². The number of hydrogen-bond acceptors (Lipinski definition) is 7. The van der Waals surface area contributed by atoms with Gasteiger partial charge in [-0.2, -0.15) is 0 Å². The molecular weight excluding hydrogens is 511 g/mol. The second kappa shape index (κ2) is 10.0. The van der Waals surface area contributed by atoms with E-state index >= 15 is 0 Å². The lowest BCUT2D eigenvalue weighted by atomic mass is 9.96. The third kappa shape index (κ3) is 4.55. The number of benzene rings is 2. The molecule has 0 bridgehead atoms. The van der Waals surface area contributed by atoms with Gasteiger partial charge in [-0.15, -0.1) is 11.8 Å². The van der Waals surface area contributed by atoms with Crippen LogP contribution in [0, 0.1) is 5.82 Å². The Balaban J connectivity index is 1.13. The summed E-state index contributed by atoms with van der Waals surface area (Å²) >= 11 is 1.46. The van der Waals surface area contributed by atoms with Crippen LogP contribution in [-0.2, 0) is 16.1 Å². The molecule has 6 rings (SSSR count). The summed E-state index contributed by atoms with van der Waals surface area (Å²) in [5.41, 5.74) is 2.42. The molecule has 0 unspecified atom stereocenters. The molecule has 2 aromatic carbocycles. The Morgan fingerprint density at radius 2 is 1.95 bits per heavy atom. The summed E-state index contributed by atoms with van der Waals surface area (Å²) in [5.74, 6) is -0.187. The second-order valence-electron chi connectivity index (χ2n) is 9.82. The van der Waals surface area contributed by atoms with Crippen molar-refractivity contribution in [1.82, 2.24) is 9.47 Å². The number of aliphatic hydroxyl groups is 1. The fourth-order valence-electron chi connectivity index (χ4n) is 5.64. The maximum atomic E-state index is 14.9. The van der Waals surface area contributed by atoms with E-state index in [0.717, 1.165) is 10.3 Å². The summed E-state index contributed by atoms with van der Waals surface area (Å²) < 4.78 is 22.1. The van der Waals surface area contributed by atoms with Gasteiger partial charge < -0.3 is 19.7 Å². The molecule has 11 heteroatoms. The number of thioether (sulfide) groups is 1. The van der Waals surface area contributed by atoms with Gasteiger partial charge in [0.15, 0.2) is 0 Å². The lowest BCUT2D eigenvalue weighted by Crippen LogP contribution is -2.38. The summed E-state index contributed by atoms with van der Waals surface area (Å²) in [7, 11) is 0. The summed E-state index contributed by atoms with van der Waals surface area (Å²) in [4.78, 5) is 41.4. The van der Waals surface area contributed by atoms with Gasteiger partial charge in [-0.05, 0) is 54.8 Å². The van der Waals surface area contributed by atoms with E-state index in [4.69, 9.17) is 4.74 Å². The van der Waals surface area contributed by atoms with E-state index in [0.29, 0.717) is 67.4 Å². The predicted molar refractivity (Wildman–Crippen MR) is 142 cm³/mol. The predicted octanol–water partition coefficient (Wildman–Crippen LogP) is 2.99. The molecule has 3 aliphatic rings. The van der Waals surface area contributed by atoms with Gasteiger partial charge >= 0.3 is 6.09 Å². The van der Waals surface area contributed by atoms with Crippen molar-refractivity contribution >= 4 is 46.0 Å². The number of pyridine rings is 1. The van der Waals surface area contributed by atoms with Crippen LogP contribution in [0.25, 0.3) is 10.9 Å². The number of nitrogens with one attached hydrogen (secondary N) is 1. The van der Waals surface area contributed by atoms with E-state index in [1.807, 2.05) is 17.0 Å². The van der Waals surface area contributed by atoms with Crippen LogP contribution in [0.15, 0.2) is 52.2 Å². The standard InChI is InChI=1S/C27H27FN4O5S/c28-20-4-1-16-2-6-24(35)32-12-17(25(20)26(16)32)7-8-30(9-10-33)13-19-14-31(27(36)37-19)18-3-5-22-21(11-18)29-23(34)15-38-22/h1-6,11,17,19,33H,7-10,12-15H2,(H,29,34)/t17-,19+/m0/s1. The first-order valence-corrected chi connectivity index (χ1v) is 13.6. The van der Waals surface area contributed by atoms with Gasteiger partial charge in [0.2, 0.25) is 5.91 Å². The van der Waals surface area contributed by atoms with E-state index in [1.165, 1.54) is 23.9 Å². The summed E-state index contributed by atoms with van der Waals surface area (Å²) in [6.07, 6.45) is -0.297. The topological polar surface area (TPSA) is 104 Å². The Bertz CT molecular complexity index is 1490. The number of nitrogens with zero attached hydrogens (tertiary/aromatic N) is 3. The highest BCUT2D eigenvalue weighted by atomic mass is 32.2. The minimum atomic E-state index is -0.465. The molecule has 38 heavy (non-hydrogen) atoms. The van der Waals surface area contributed by atoms with Crippen molar-refractivity contribution in [2.24, 2.45) is 0 Å². The molecule has 0 saturated carbocycles. The number of anilines is 2.